The van der Waals surface area contributed by atoms with Crippen LogP contribution in [0.5, 0.6) is 0 Å². The number of fused-ring (bicyclic) bond motifs is 1. The van der Waals surface area contributed by atoms with Crippen LogP contribution in [0.4, 0.5) is 11.5 Å². The molecule has 1 aromatic carbocycles. The van der Waals surface area contributed by atoms with Crippen LogP contribution in [-0.2, 0) is 4.74 Å². The van der Waals surface area contributed by atoms with Crippen LogP contribution in [-0.4, -0.2) is 49.6 Å². The van der Waals surface area contributed by atoms with Crippen molar-refractivity contribution in [2.24, 2.45) is 0 Å². The standard InChI is InChI=1S/C14H15N7O3/c1-9(7-24-2)17-13-12(21(22)23)14(16-8-15-13)20-11-6-4-3-5-10(11)18-19-20/h3-6,8-9H,7H2,1-2H3,(H,15,16,17). The summed E-state index contributed by atoms with van der Waals surface area (Å²) in [6, 6.07) is 6.99. The van der Waals surface area contributed by atoms with Crippen molar-refractivity contribution in [1.29, 1.82) is 0 Å². The zero-order valence-electron chi connectivity index (χ0n) is 13.1. The molecule has 0 spiro atoms. The summed E-state index contributed by atoms with van der Waals surface area (Å²) in [4.78, 5) is 19.1. The Morgan fingerprint density at radius 3 is 2.92 bits per heavy atom. The van der Waals surface area contributed by atoms with E-state index in [9.17, 15) is 10.1 Å². The first-order valence-corrected chi connectivity index (χ1v) is 7.17. The van der Waals surface area contributed by atoms with Crippen LogP contribution >= 0.6 is 0 Å². The summed E-state index contributed by atoms with van der Waals surface area (Å²) in [5.41, 5.74) is 0.971. The molecule has 0 aliphatic heterocycles. The number of ether oxygens (including phenoxy) is 1. The van der Waals surface area contributed by atoms with Gasteiger partial charge in [-0.15, -0.1) is 5.10 Å². The van der Waals surface area contributed by atoms with Gasteiger partial charge in [-0.1, -0.05) is 17.3 Å². The first-order chi connectivity index (χ1) is 11.6. The fourth-order valence-electron chi connectivity index (χ4n) is 2.35. The van der Waals surface area contributed by atoms with Gasteiger partial charge in [0.1, 0.15) is 11.8 Å². The van der Waals surface area contributed by atoms with Gasteiger partial charge in [-0.3, -0.25) is 10.1 Å². The predicted molar refractivity (Wildman–Crippen MR) is 86.1 cm³/mol. The highest BCUT2D eigenvalue weighted by Crippen LogP contribution is 2.29. The van der Waals surface area contributed by atoms with Gasteiger partial charge in [0.25, 0.3) is 0 Å². The molecule has 0 aliphatic carbocycles. The van der Waals surface area contributed by atoms with Crippen LogP contribution in [0, 0.1) is 10.1 Å². The van der Waals surface area contributed by atoms with E-state index in [1.54, 1.807) is 25.3 Å². The Bertz CT molecular complexity index is 880. The highest BCUT2D eigenvalue weighted by atomic mass is 16.6. The fourth-order valence-corrected chi connectivity index (χ4v) is 2.35. The number of para-hydroxylation sites is 1. The van der Waals surface area contributed by atoms with Gasteiger partial charge in [-0.05, 0) is 19.1 Å². The van der Waals surface area contributed by atoms with E-state index in [4.69, 9.17) is 4.74 Å². The molecule has 10 nitrogen and oxygen atoms in total. The second-order valence-corrected chi connectivity index (χ2v) is 5.14. The number of nitro groups is 1. The Morgan fingerprint density at radius 1 is 1.38 bits per heavy atom. The molecule has 124 valence electrons. The number of benzene rings is 1. The van der Waals surface area contributed by atoms with E-state index < -0.39 is 4.92 Å². The molecule has 0 saturated heterocycles. The Kier molecular flexibility index (Phi) is 4.29. The first kappa shape index (κ1) is 15.7. The van der Waals surface area contributed by atoms with Gasteiger partial charge >= 0.3 is 5.69 Å². The maximum Gasteiger partial charge on any atom is 0.355 e. The predicted octanol–water partition coefficient (Wildman–Crippen LogP) is 1.57. The van der Waals surface area contributed by atoms with Gasteiger partial charge in [-0.2, -0.15) is 4.68 Å². The lowest BCUT2D eigenvalue weighted by Crippen LogP contribution is -2.22. The minimum atomic E-state index is -0.534. The number of methoxy groups -OCH3 is 1. The van der Waals surface area contributed by atoms with Gasteiger partial charge < -0.3 is 10.1 Å². The number of hydrogen-bond donors (Lipinski definition) is 1. The average molecular weight is 329 g/mol. The van der Waals surface area contributed by atoms with E-state index in [0.717, 1.165) is 0 Å². The molecule has 0 amide bonds. The van der Waals surface area contributed by atoms with E-state index in [-0.39, 0.29) is 23.4 Å². The van der Waals surface area contributed by atoms with Crippen molar-refractivity contribution < 1.29 is 9.66 Å². The van der Waals surface area contributed by atoms with Gasteiger partial charge in [-0.25, -0.2) is 9.97 Å². The summed E-state index contributed by atoms with van der Waals surface area (Å²) in [7, 11) is 1.56. The lowest BCUT2D eigenvalue weighted by molar-refractivity contribution is -0.384. The van der Waals surface area contributed by atoms with Crippen LogP contribution in [0.2, 0.25) is 0 Å². The molecule has 2 heterocycles. The topological polar surface area (TPSA) is 121 Å². The van der Waals surface area contributed by atoms with Crippen LogP contribution < -0.4 is 5.32 Å². The number of hydrogen-bond acceptors (Lipinski definition) is 8. The molecule has 0 bridgehead atoms. The number of anilines is 1. The third-order valence-corrected chi connectivity index (χ3v) is 3.34. The van der Waals surface area contributed by atoms with Gasteiger partial charge in [0.05, 0.1) is 17.0 Å². The molecule has 3 aromatic rings. The van der Waals surface area contributed by atoms with Crippen molar-refractivity contribution in [3.63, 3.8) is 0 Å². The molecular weight excluding hydrogens is 314 g/mol. The Labute approximate surface area is 136 Å². The summed E-state index contributed by atoms with van der Waals surface area (Å²) < 4.78 is 6.37. The van der Waals surface area contributed by atoms with Crippen molar-refractivity contribution in [2.75, 3.05) is 19.0 Å². The van der Waals surface area contributed by atoms with E-state index >= 15 is 0 Å². The quantitative estimate of drug-likeness (QED) is 0.534. The van der Waals surface area contributed by atoms with Gasteiger partial charge in [0, 0.05) is 13.2 Å². The van der Waals surface area contributed by atoms with Crippen molar-refractivity contribution in [1.82, 2.24) is 25.0 Å². The maximum absolute atomic E-state index is 11.6. The molecule has 2 aromatic heterocycles. The van der Waals surface area contributed by atoms with E-state index in [1.807, 2.05) is 13.0 Å². The summed E-state index contributed by atoms with van der Waals surface area (Å²) in [5, 5.41) is 22.6. The summed E-state index contributed by atoms with van der Waals surface area (Å²) >= 11 is 0. The molecule has 0 fully saturated rings. The number of nitrogens with one attached hydrogen (secondary N) is 1. The lowest BCUT2D eigenvalue weighted by Gasteiger charge is -2.14. The monoisotopic (exact) mass is 329 g/mol. The third kappa shape index (κ3) is 2.86. The molecule has 1 N–H and O–H groups in total. The van der Waals surface area contributed by atoms with Crippen LogP contribution in [0.1, 0.15) is 6.92 Å². The Morgan fingerprint density at radius 2 is 2.17 bits per heavy atom. The maximum atomic E-state index is 11.6. The number of nitrogens with zero attached hydrogens (tertiary/aromatic N) is 6. The second-order valence-electron chi connectivity index (χ2n) is 5.14. The highest BCUT2D eigenvalue weighted by Gasteiger charge is 2.26. The molecular formula is C14H15N7O3. The molecule has 1 unspecified atom stereocenters. The molecule has 3 rings (SSSR count). The minimum absolute atomic E-state index is 0.0517. The molecule has 24 heavy (non-hydrogen) atoms. The molecule has 0 saturated carbocycles. The van der Waals surface area contributed by atoms with E-state index in [1.165, 1.54) is 11.0 Å². The SMILES string of the molecule is COCC(C)Nc1ncnc(-n2nnc3ccccc32)c1[N+](=O)[O-]. The highest BCUT2D eigenvalue weighted by molar-refractivity contribution is 5.77. The van der Waals surface area contributed by atoms with E-state index in [2.05, 4.69) is 25.6 Å². The zero-order valence-corrected chi connectivity index (χ0v) is 13.1. The van der Waals surface area contributed by atoms with Crippen molar-refractivity contribution >= 4 is 22.5 Å². The normalized spacial score (nSPS) is 12.2. The Balaban J connectivity index is 2.13. The smallest absolute Gasteiger partial charge is 0.355 e. The van der Waals surface area contributed by atoms with Crippen LogP contribution in [0.3, 0.4) is 0 Å². The van der Waals surface area contributed by atoms with Gasteiger partial charge in [0.15, 0.2) is 0 Å². The second kappa shape index (κ2) is 6.54. The fraction of sp³-hybridized carbons (Fsp3) is 0.286. The van der Waals surface area contributed by atoms with Crippen molar-refractivity contribution in [2.45, 2.75) is 13.0 Å². The Hall–Kier alpha value is -3.14. The average Bonchev–Trinajstić information content (AvgIpc) is 2.98. The molecule has 0 aliphatic rings. The van der Waals surface area contributed by atoms with E-state index in [0.29, 0.717) is 17.6 Å². The third-order valence-electron chi connectivity index (χ3n) is 3.34. The largest absolute Gasteiger partial charge is 0.383 e. The number of rotatable bonds is 6. The summed E-state index contributed by atoms with van der Waals surface area (Å²) in [6.45, 7) is 2.21. The van der Waals surface area contributed by atoms with Crippen molar-refractivity contribution in [3.05, 3.63) is 40.7 Å². The summed E-state index contributed by atoms with van der Waals surface area (Å²) in [5.74, 6) is 0.157. The summed E-state index contributed by atoms with van der Waals surface area (Å²) in [6.07, 6.45) is 1.25. The molecule has 0 radical (unpaired) electrons. The first-order valence-electron chi connectivity index (χ1n) is 7.17. The van der Waals surface area contributed by atoms with Crippen LogP contribution in [0.25, 0.3) is 16.9 Å². The van der Waals surface area contributed by atoms with Crippen molar-refractivity contribution in [3.8, 4) is 5.82 Å². The zero-order chi connectivity index (χ0) is 17.1. The lowest BCUT2D eigenvalue weighted by atomic mass is 10.3. The molecule has 10 heteroatoms. The van der Waals surface area contributed by atoms with Crippen LogP contribution in [0.15, 0.2) is 30.6 Å². The number of aromatic nitrogens is 5. The molecule has 1 atom stereocenters. The minimum Gasteiger partial charge on any atom is -0.383 e. The van der Waals surface area contributed by atoms with Gasteiger partial charge in [0.2, 0.25) is 11.6 Å².